The summed E-state index contributed by atoms with van der Waals surface area (Å²) >= 11 is 0. The van der Waals surface area contributed by atoms with Gasteiger partial charge in [0.25, 0.3) is 0 Å². The van der Waals surface area contributed by atoms with Gasteiger partial charge in [-0.05, 0) is 38.8 Å². The highest BCUT2D eigenvalue weighted by atomic mass is 15.1. The third-order valence-corrected chi connectivity index (χ3v) is 2.95. The van der Waals surface area contributed by atoms with Crippen molar-refractivity contribution in [2.24, 2.45) is 0 Å². The summed E-state index contributed by atoms with van der Waals surface area (Å²) < 4.78 is 0. The topological polar surface area (TPSA) is 3.24 Å². The van der Waals surface area contributed by atoms with Crippen LogP contribution in [0.4, 0.5) is 0 Å². The van der Waals surface area contributed by atoms with Crippen molar-refractivity contribution in [3.05, 3.63) is 12.2 Å². The second-order valence-electron chi connectivity index (χ2n) is 4.33. The SMILES string of the molecule is CCCCCC=CCN1CCCCC1. The van der Waals surface area contributed by atoms with Crippen LogP contribution >= 0.6 is 0 Å². The van der Waals surface area contributed by atoms with E-state index in [-0.39, 0.29) is 0 Å². The summed E-state index contributed by atoms with van der Waals surface area (Å²) in [6, 6.07) is 0. The van der Waals surface area contributed by atoms with E-state index in [2.05, 4.69) is 24.0 Å². The van der Waals surface area contributed by atoms with Crippen molar-refractivity contribution in [1.29, 1.82) is 0 Å². The number of piperidine rings is 1. The maximum Gasteiger partial charge on any atom is 0.0163 e. The molecule has 0 saturated carbocycles. The molecule has 0 unspecified atom stereocenters. The lowest BCUT2D eigenvalue weighted by Gasteiger charge is -2.24. The highest BCUT2D eigenvalue weighted by molar-refractivity contribution is 4.85. The van der Waals surface area contributed by atoms with Crippen molar-refractivity contribution >= 4 is 0 Å². The van der Waals surface area contributed by atoms with Crippen LogP contribution in [0.15, 0.2) is 12.2 Å². The Morgan fingerprint density at radius 3 is 2.50 bits per heavy atom. The molecule has 0 aliphatic carbocycles. The zero-order valence-corrected chi connectivity index (χ0v) is 9.67. The lowest BCUT2D eigenvalue weighted by Crippen LogP contribution is -2.29. The van der Waals surface area contributed by atoms with Gasteiger partial charge in [-0.1, -0.05) is 38.3 Å². The van der Waals surface area contributed by atoms with E-state index < -0.39 is 0 Å². The molecule has 1 heterocycles. The fourth-order valence-electron chi connectivity index (χ4n) is 2.00. The predicted molar refractivity (Wildman–Crippen MR) is 63.6 cm³/mol. The first-order chi connectivity index (χ1) is 6.93. The number of nitrogens with zero attached hydrogens (tertiary/aromatic N) is 1. The lowest BCUT2D eigenvalue weighted by atomic mass is 10.1. The van der Waals surface area contributed by atoms with Crippen LogP contribution in [0.25, 0.3) is 0 Å². The standard InChI is InChI=1S/C13H25N/c1-2-3-4-5-6-8-11-14-12-9-7-10-13-14/h6,8H,2-5,7,9-13H2,1H3. The smallest absolute Gasteiger partial charge is 0.0163 e. The predicted octanol–water partition coefficient (Wildman–Crippen LogP) is 3.61. The van der Waals surface area contributed by atoms with Crippen molar-refractivity contribution in [1.82, 2.24) is 4.90 Å². The maximum absolute atomic E-state index is 2.57. The van der Waals surface area contributed by atoms with Gasteiger partial charge < -0.3 is 0 Å². The van der Waals surface area contributed by atoms with E-state index in [1.807, 2.05) is 0 Å². The molecule has 14 heavy (non-hydrogen) atoms. The van der Waals surface area contributed by atoms with E-state index in [4.69, 9.17) is 0 Å². The highest BCUT2D eigenvalue weighted by Crippen LogP contribution is 2.08. The molecule has 1 aliphatic heterocycles. The third-order valence-electron chi connectivity index (χ3n) is 2.95. The van der Waals surface area contributed by atoms with Gasteiger partial charge in [-0.15, -0.1) is 0 Å². The monoisotopic (exact) mass is 195 g/mol. The highest BCUT2D eigenvalue weighted by Gasteiger charge is 2.06. The molecular weight excluding hydrogens is 170 g/mol. The van der Waals surface area contributed by atoms with Crippen molar-refractivity contribution < 1.29 is 0 Å². The number of allylic oxidation sites excluding steroid dienone is 1. The molecule has 0 aromatic rings. The van der Waals surface area contributed by atoms with Gasteiger partial charge in [-0.3, -0.25) is 4.90 Å². The second-order valence-corrected chi connectivity index (χ2v) is 4.33. The Morgan fingerprint density at radius 1 is 1.00 bits per heavy atom. The fraction of sp³-hybridized carbons (Fsp3) is 0.846. The summed E-state index contributed by atoms with van der Waals surface area (Å²) in [5.41, 5.74) is 0. The average Bonchev–Trinajstić information content (AvgIpc) is 2.25. The number of hydrogen-bond acceptors (Lipinski definition) is 1. The maximum atomic E-state index is 2.57. The average molecular weight is 195 g/mol. The molecule has 0 aromatic heterocycles. The van der Waals surface area contributed by atoms with Crippen molar-refractivity contribution in [3.63, 3.8) is 0 Å². The molecule has 0 N–H and O–H groups in total. The molecule has 0 atom stereocenters. The molecule has 82 valence electrons. The largest absolute Gasteiger partial charge is 0.300 e. The van der Waals surface area contributed by atoms with E-state index in [0.717, 1.165) is 0 Å². The first-order valence-corrected chi connectivity index (χ1v) is 6.31. The van der Waals surface area contributed by atoms with Crippen molar-refractivity contribution in [3.8, 4) is 0 Å². The zero-order chi connectivity index (χ0) is 10.1. The summed E-state index contributed by atoms with van der Waals surface area (Å²) in [5, 5.41) is 0. The third kappa shape index (κ3) is 5.43. The molecule has 1 heteroatoms. The van der Waals surface area contributed by atoms with Crippen LogP contribution in [0.5, 0.6) is 0 Å². The van der Waals surface area contributed by atoms with Crippen LogP contribution < -0.4 is 0 Å². The van der Waals surface area contributed by atoms with Crippen molar-refractivity contribution in [2.75, 3.05) is 19.6 Å². The van der Waals surface area contributed by atoms with E-state index in [1.165, 1.54) is 64.6 Å². The molecule has 1 fully saturated rings. The number of likely N-dealkylation sites (tertiary alicyclic amines) is 1. The molecular formula is C13H25N. The van der Waals surface area contributed by atoms with E-state index in [0.29, 0.717) is 0 Å². The first kappa shape index (κ1) is 11.8. The molecule has 1 nitrogen and oxygen atoms in total. The van der Waals surface area contributed by atoms with Crippen LogP contribution in [0.1, 0.15) is 51.9 Å². The molecule has 0 bridgehead atoms. The minimum atomic E-state index is 1.19. The Morgan fingerprint density at radius 2 is 1.79 bits per heavy atom. The fourth-order valence-corrected chi connectivity index (χ4v) is 2.00. The van der Waals surface area contributed by atoms with Crippen LogP contribution in [0.3, 0.4) is 0 Å². The minimum absolute atomic E-state index is 1.19. The molecule has 0 spiro atoms. The molecule has 1 saturated heterocycles. The molecule has 1 rings (SSSR count). The number of hydrogen-bond donors (Lipinski definition) is 0. The normalized spacial score (nSPS) is 19.2. The molecule has 0 radical (unpaired) electrons. The minimum Gasteiger partial charge on any atom is -0.300 e. The first-order valence-electron chi connectivity index (χ1n) is 6.31. The second kappa shape index (κ2) is 8.05. The Kier molecular flexibility index (Phi) is 6.77. The summed E-state index contributed by atoms with van der Waals surface area (Å²) in [5.74, 6) is 0. The van der Waals surface area contributed by atoms with Gasteiger partial charge in [0.2, 0.25) is 0 Å². The summed E-state index contributed by atoms with van der Waals surface area (Å²) in [7, 11) is 0. The van der Waals surface area contributed by atoms with E-state index in [1.54, 1.807) is 0 Å². The molecule has 1 aliphatic rings. The van der Waals surface area contributed by atoms with Gasteiger partial charge in [0, 0.05) is 6.54 Å². The van der Waals surface area contributed by atoms with Gasteiger partial charge in [0.05, 0.1) is 0 Å². The quantitative estimate of drug-likeness (QED) is 0.462. The molecule has 0 aromatic carbocycles. The van der Waals surface area contributed by atoms with Crippen LogP contribution in [0.2, 0.25) is 0 Å². The Hall–Kier alpha value is -0.300. The summed E-state index contributed by atoms with van der Waals surface area (Å²) in [6.45, 7) is 6.09. The molecule has 0 amide bonds. The van der Waals surface area contributed by atoms with E-state index >= 15 is 0 Å². The van der Waals surface area contributed by atoms with Gasteiger partial charge in [-0.25, -0.2) is 0 Å². The Labute approximate surface area is 89.2 Å². The van der Waals surface area contributed by atoms with Gasteiger partial charge in [-0.2, -0.15) is 0 Å². The van der Waals surface area contributed by atoms with Gasteiger partial charge in [0.1, 0.15) is 0 Å². The van der Waals surface area contributed by atoms with Gasteiger partial charge >= 0.3 is 0 Å². The van der Waals surface area contributed by atoms with E-state index in [9.17, 15) is 0 Å². The Balaban J connectivity index is 1.95. The lowest BCUT2D eigenvalue weighted by molar-refractivity contribution is 0.251. The number of rotatable bonds is 6. The van der Waals surface area contributed by atoms with Crippen molar-refractivity contribution in [2.45, 2.75) is 51.9 Å². The Bertz CT molecular complexity index is 145. The van der Waals surface area contributed by atoms with Gasteiger partial charge in [0.15, 0.2) is 0 Å². The van der Waals surface area contributed by atoms with Crippen LogP contribution in [-0.2, 0) is 0 Å². The van der Waals surface area contributed by atoms with Crippen LogP contribution in [0, 0.1) is 0 Å². The zero-order valence-electron chi connectivity index (χ0n) is 9.67. The number of unbranched alkanes of at least 4 members (excludes halogenated alkanes) is 3. The van der Waals surface area contributed by atoms with Crippen LogP contribution in [-0.4, -0.2) is 24.5 Å². The summed E-state index contributed by atoms with van der Waals surface area (Å²) in [6.07, 6.45) is 14.3. The summed E-state index contributed by atoms with van der Waals surface area (Å²) in [4.78, 5) is 2.57.